The molecule has 0 saturated carbocycles. The Morgan fingerprint density at radius 1 is 1.13 bits per heavy atom. The standard InChI is InChI=1S/C16H18N4O3/c21-15(14-4-2-10-23-14)19-6-8-20(9-7-19)16(22)18-12-13-3-1-5-17-11-13/h1-5,10-11H,6-9,12H2,(H,18,22). The van der Waals surface area contributed by atoms with Gasteiger partial charge >= 0.3 is 6.03 Å². The van der Waals surface area contributed by atoms with Crippen LogP contribution in [0.2, 0.25) is 0 Å². The molecule has 1 N–H and O–H groups in total. The topological polar surface area (TPSA) is 78.7 Å². The molecule has 0 aromatic carbocycles. The van der Waals surface area contributed by atoms with Gasteiger partial charge in [0.1, 0.15) is 0 Å². The molecular formula is C16H18N4O3. The molecule has 0 spiro atoms. The second-order valence-corrected chi connectivity index (χ2v) is 5.28. The number of hydrogen-bond donors (Lipinski definition) is 1. The fourth-order valence-corrected chi connectivity index (χ4v) is 2.46. The SMILES string of the molecule is O=C(NCc1cccnc1)N1CCN(C(=O)c2ccco2)CC1. The number of nitrogens with zero attached hydrogens (tertiary/aromatic N) is 3. The Bertz CT molecular complexity index is 649. The minimum absolute atomic E-state index is 0.126. The third-order valence-corrected chi connectivity index (χ3v) is 3.75. The van der Waals surface area contributed by atoms with E-state index in [2.05, 4.69) is 10.3 Å². The van der Waals surface area contributed by atoms with Crippen LogP contribution in [0.5, 0.6) is 0 Å². The van der Waals surface area contributed by atoms with Gasteiger partial charge < -0.3 is 19.5 Å². The summed E-state index contributed by atoms with van der Waals surface area (Å²) in [5, 5.41) is 2.87. The number of pyridine rings is 1. The summed E-state index contributed by atoms with van der Waals surface area (Å²) in [5.74, 6) is 0.199. The Hall–Kier alpha value is -2.83. The van der Waals surface area contributed by atoms with Crippen LogP contribution in [-0.2, 0) is 6.54 Å². The number of furan rings is 1. The van der Waals surface area contributed by atoms with Crippen molar-refractivity contribution >= 4 is 11.9 Å². The van der Waals surface area contributed by atoms with E-state index in [-0.39, 0.29) is 11.9 Å². The Morgan fingerprint density at radius 3 is 2.57 bits per heavy atom. The molecule has 0 radical (unpaired) electrons. The fraction of sp³-hybridized carbons (Fsp3) is 0.312. The van der Waals surface area contributed by atoms with Gasteiger partial charge in [0, 0.05) is 45.1 Å². The first-order chi connectivity index (χ1) is 11.2. The number of aromatic nitrogens is 1. The minimum Gasteiger partial charge on any atom is -0.459 e. The number of urea groups is 1. The third-order valence-electron chi connectivity index (χ3n) is 3.75. The number of rotatable bonds is 3. The van der Waals surface area contributed by atoms with E-state index in [4.69, 9.17) is 4.42 Å². The highest BCUT2D eigenvalue weighted by Gasteiger charge is 2.25. The zero-order valence-electron chi connectivity index (χ0n) is 12.6. The van der Waals surface area contributed by atoms with E-state index >= 15 is 0 Å². The van der Waals surface area contributed by atoms with Crippen LogP contribution in [0.4, 0.5) is 4.79 Å². The van der Waals surface area contributed by atoms with Gasteiger partial charge in [0.25, 0.3) is 5.91 Å². The molecule has 3 amide bonds. The zero-order valence-corrected chi connectivity index (χ0v) is 12.6. The first-order valence-electron chi connectivity index (χ1n) is 7.48. The maximum absolute atomic E-state index is 12.2. The Balaban J connectivity index is 1.47. The summed E-state index contributed by atoms with van der Waals surface area (Å²) in [5.41, 5.74) is 0.951. The quantitative estimate of drug-likeness (QED) is 0.927. The van der Waals surface area contributed by atoms with Crippen molar-refractivity contribution in [2.45, 2.75) is 6.54 Å². The second kappa shape index (κ2) is 6.95. The van der Waals surface area contributed by atoms with E-state index in [0.29, 0.717) is 38.5 Å². The van der Waals surface area contributed by atoms with Crippen LogP contribution in [0.3, 0.4) is 0 Å². The minimum atomic E-state index is -0.134. The summed E-state index contributed by atoms with van der Waals surface area (Å²) < 4.78 is 5.12. The largest absolute Gasteiger partial charge is 0.459 e. The van der Waals surface area contributed by atoms with E-state index in [0.717, 1.165) is 5.56 Å². The van der Waals surface area contributed by atoms with Gasteiger partial charge in [0.15, 0.2) is 5.76 Å². The highest BCUT2D eigenvalue weighted by molar-refractivity contribution is 5.91. The van der Waals surface area contributed by atoms with Crippen LogP contribution in [0.25, 0.3) is 0 Å². The van der Waals surface area contributed by atoms with Crippen LogP contribution in [0.1, 0.15) is 16.1 Å². The summed E-state index contributed by atoms with van der Waals surface area (Å²) in [6, 6.07) is 6.96. The van der Waals surface area contributed by atoms with Crippen molar-refractivity contribution in [2.75, 3.05) is 26.2 Å². The maximum atomic E-state index is 12.2. The number of amides is 3. The number of carbonyl (C=O) groups excluding carboxylic acids is 2. The van der Waals surface area contributed by atoms with E-state index in [1.54, 1.807) is 34.3 Å². The summed E-state index contributed by atoms with van der Waals surface area (Å²) >= 11 is 0. The van der Waals surface area contributed by atoms with Gasteiger partial charge in [-0.25, -0.2) is 4.79 Å². The molecule has 3 heterocycles. The molecule has 1 aliphatic heterocycles. The van der Waals surface area contributed by atoms with Gasteiger partial charge in [-0.2, -0.15) is 0 Å². The lowest BCUT2D eigenvalue weighted by Crippen LogP contribution is -2.53. The molecule has 0 bridgehead atoms. The average molecular weight is 314 g/mol. The predicted octanol–water partition coefficient (Wildman–Crippen LogP) is 1.34. The molecular weight excluding hydrogens is 296 g/mol. The predicted molar refractivity (Wildman–Crippen MR) is 82.7 cm³/mol. The van der Waals surface area contributed by atoms with Crippen molar-refractivity contribution in [1.82, 2.24) is 20.1 Å². The lowest BCUT2D eigenvalue weighted by molar-refractivity contribution is 0.0634. The number of hydrogen-bond acceptors (Lipinski definition) is 4. The fourth-order valence-electron chi connectivity index (χ4n) is 2.46. The Morgan fingerprint density at radius 2 is 1.91 bits per heavy atom. The molecule has 2 aromatic rings. The van der Waals surface area contributed by atoms with Gasteiger partial charge in [-0.15, -0.1) is 0 Å². The van der Waals surface area contributed by atoms with Crippen LogP contribution in [0.15, 0.2) is 47.3 Å². The second-order valence-electron chi connectivity index (χ2n) is 5.28. The zero-order chi connectivity index (χ0) is 16.1. The summed E-state index contributed by atoms with van der Waals surface area (Å²) in [6.07, 6.45) is 4.90. The van der Waals surface area contributed by atoms with E-state index < -0.39 is 0 Å². The monoisotopic (exact) mass is 314 g/mol. The molecule has 7 heteroatoms. The molecule has 2 aromatic heterocycles. The Kier molecular flexibility index (Phi) is 4.56. The van der Waals surface area contributed by atoms with Gasteiger partial charge in [-0.1, -0.05) is 6.07 Å². The van der Waals surface area contributed by atoms with Crippen LogP contribution < -0.4 is 5.32 Å². The Labute approximate surface area is 133 Å². The van der Waals surface area contributed by atoms with Gasteiger partial charge in [0.05, 0.1) is 6.26 Å². The summed E-state index contributed by atoms with van der Waals surface area (Å²) in [4.78, 5) is 31.7. The normalized spacial score (nSPS) is 14.6. The molecule has 0 aliphatic carbocycles. The van der Waals surface area contributed by atoms with E-state index in [1.165, 1.54) is 6.26 Å². The van der Waals surface area contributed by atoms with Crippen LogP contribution in [0, 0.1) is 0 Å². The molecule has 23 heavy (non-hydrogen) atoms. The molecule has 1 fully saturated rings. The highest BCUT2D eigenvalue weighted by Crippen LogP contribution is 2.09. The molecule has 1 saturated heterocycles. The number of carbonyl (C=O) groups is 2. The molecule has 120 valence electrons. The van der Waals surface area contributed by atoms with Gasteiger partial charge in [0.2, 0.25) is 0 Å². The smallest absolute Gasteiger partial charge is 0.317 e. The van der Waals surface area contributed by atoms with Gasteiger partial charge in [-0.05, 0) is 23.8 Å². The van der Waals surface area contributed by atoms with E-state index in [9.17, 15) is 9.59 Å². The summed E-state index contributed by atoms with van der Waals surface area (Å²) in [6.45, 7) is 2.45. The molecule has 0 atom stereocenters. The third kappa shape index (κ3) is 3.68. The van der Waals surface area contributed by atoms with E-state index in [1.807, 2.05) is 12.1 Å². The van der Waals surface area contributed by atoms with Crippen LogP contribution >= 0.6 is 0 Å². The van der Waals surface area contributed by atoms with Crippen molar-refractivity contribution in [3.05, 3.63) is 54.2 Å². The number of piperazine rings is 1. The molecule has 3 rings (SSSR count). The lowest BCUT2D eigenvalue weighted by Gasteiger charge is -2.34. The summed E-state index contributed by atoms with van der Waals surface area (Å²) in [7, 11) is 0. The molecule has 0 unspecified atom stereocenters. The first-order valence-corrected chi connectivity index (χ1v) is 7.48. The van der Waals surface area contributed by atoms with Crippen molar-refractivity contribution in [3.8, 4) is 0 Å². The van der Waals surface area contributed by atoms with Crippen LogP contribution in [-0.4, -0.2) is 52.9 Å². The van der Waals surface area contributed by atoms with Crippen molar-refractivity contribution in [1.29, 1.82) is 0 Å². The molecule has 7 nitrogen and oxygen atoms in total. The van der Waals surface area contributed by atoms with Crippen molar-refractivity contribution in [2.24, 2.45) is 0 Å². The number of nitrogens with one attached hydrogen (secondary N) is 1. The lowest BCUT2D eigenvalue weighted by atomic mass is 10.3. The first kappa shape index (κ1) is 15.1. The van der Waals surface area contributed by atoms with Crippen molar-refractivity contribution < 1.29 is 14.0 Å². The average Bonchev–Trinajstić information content (AvgIpc) is 3.15. The van der Waals surface area contributed by atoms with Crippen molar-refractivity contribution in [3.63, 3.8) is 0 Å². The molecule has 1 aliphatic rings. The maximum Gasteiger partial charge on any atom is 0.317 e. The van der Waals surface area contributed by atoms with Gasteiger partial charge in [-0.3, -0.25) is 9.78 Å². The highest BCUT2D eigenvalue weighted by atomic mass is 16.3.